The summed E-state index contributed by atoms with van der Waals surface area (Å²) < 4.78 is 0. The van der Waals surface area contributed by atoms with Gasteiger partial charge in [0.05, 0.1) is 11.0 Å². The lowest BCUT2D eigenvalue weighted by atomic mass is 10.1. The fourth-order valence-corrected chi connectivity index (χ4v) is 2.40. The Bertz CT molecular complexity index is 577. The van der Waals surface area contributed by atoms with Gasteiger partial charge in [-0.25, -0.2) is 9.97 Å². The zero-order valence-electron chi connectivity index (χ0n) is 11.3. The first kappa shape index (κ1) is 12.2. The third-order valence-corrected chi connectivity index (χ3v) is 3.75. The number of fused-ring (bicyclic) bond motifs is 1. The van der Waals surface area contributed by atoms with Crippen LogP contribution in [0.3, 0.4) is 0 Å². The van der Waals surface area contributed by atoms with Gasteiger partial charge in [-0.05, 0) is 30.9 Å². The molecule has 1 saturated carbocycles. The molecular formula is C15H20N4. The molecule has 0 saturated heterocycles. The van der Waals surface area contributed by atoms with Crippen molar-refractivity contribution in [2.75, 3.05) is 11.1 Å². The van der Waals surface area contributed by atoms with Crippen molar-refractivity contribution in [3.63, 3.8) is 0 Å². The Balaban J connectivity index is 1.84. The van der Waals surface area contributed by atoms with E-state index in [1.54, 1.807) is 0 Å². The highest BCUT2D eigenvalue weighted by molar-refractivity contribution is 5.79. The van der Waals surface area contributed by atoms with Gasteiger partial charge in [-0.1, -0.05) is 31.9 Å². The van der Waals surface area contributed by atoms with E-state index in [0.29, 0.717) is 11.9 Å². The fraction of sp³-hybridized carbons (Fsp3) is 0.467. The summed E-state index contributed by atoms with van der Waals surface area (Å²) >= 11 is 0. The van der Waals surface area contributed by atoms with Gasteiger partial charge in [-0.2, -0.15) is 0 Å². The van der Waals surface area contributed by atoms with Crippen molar-refractivity contribution >= 4 is 22.7 Å². The number of nitrogens with two attached hydrogens (primary N) is 1. The molecule has 3 rings (SSSR count). The molecule has 1 atom stereocenters. The molecule has 1 heterocycles. The number of nitrogen functional groups attached to an aromatic ring is 1. The molecule has 0 amide bonds. The molecule has 1 aromatic carbocycles. The lowest BCUT2D eigenvalue weighted by molar-refractivity contribution is 0.585. The third-order valence-electron chi connectivity index (χ3n) is 3.75. The van der Waals surface area contributed by atoms with Crippen LogP contribution in [0.1, 0.15) is 32.6 Å². The number of nitrogens with one attached hydrogen (secondary N) is 1. The van der Waals surface area contributed by atoms with Crippen LogP contribution < -0.4 is 11.1 Å². The molecule has 1 fully saturated rings. The van der Waals surface area contributed by atoms with E-state index >= 15 is 0 Å². The predicted molar refractivity (Wildman–Crippen MR) is 79.0 cm³/mol. The topological polar surface area (TPSA) is 63.8 Å². The summed E-state index contributed by atoms with van der Waals surface area (Å²) in [7, 11) is 0. The lowest BCUT2D eigenvalue weighted by Gasteiger charge is -2.18. The first-order valence-corrected chi connectivity index (χ1v) is 7.05. The van der Waals surface area contributed by atoms with E-state index in [1.807, 2.05) is 24.3 Å². The Hall–Kier alpha value is -1.84. The van der Waals surface area contributed by atoms with Gasteiger partial charge < -0.3 is 11.1 Å². The van der Waals surface area contributed by atoms with Crippen LogP contribution in [0.2, 0.25) is 0 Å². The second-order valence-electron chi connectivity index (χ2n) is 5.37. The van der Waals surface area contributed by atoms with Crippen molar-refractivity contribution in [3.8, 4) is 0 Å². The van der Waals surface area contributed by atoms with Gasteiger partial charge in [0, 0.05) is 6.04 Å². The highest BCUT2D eigenvalue weighted by atomic mass is 15.1. The Morgan fingerprint density at radius 2 is 1.95 bits per heavy atom. The zero-order chi connectivity index (χ0) is 13.2. The molecule has 1 aliphatic carbocycles. The van der Waals surface area contributed by atoms with Crippen LogP contribution in [0.5, 0.6) is 0 Å². The molecule has 19 heavy (non-hydrogen) atoms. The average molecular weight is 256 g/mol. The van der Waals surface area contributed by atoms with E-state index in [4.69, 9.17) is 5.73 Å². The number of para-hydroxylation sites is 2. The zero-order valence-corrected chi connectivity index (χ0v) is 11.3. The maximum atomic E-state index is 6.00. The lowest BCUT2D eigenvalue weighted by Crippen LogP contribution is -2.21. The largest absolute Gasteiger partial charge is 0.381 e. The Kier molecular flexibility index (Phi) is 3.23. The second-order valence-corrected chi connectivity index (χ2v) is 5.37. The Morgan fingerprint density at radius 1 is 1.26 bits per heavy atom. The van der Waals surface area contributed by atoms with Gasteiger partial charge in [0.1, 0.15) is 0 Å². The van der Waals surface area contributed by atoms with E-state index in [0.717, 1.165) is 29.2 Å². The maximum Gasteiger partial charge on any atom is 0.169 e. The second kappa shape index (κ2) is 5.03. The molecular weight excluding hydrogens is 236 g/mol. The van der Waals surface area contributed by atoms with Crippen LogP contribution in [-0.4, -0.2) is 16.0 Å². The van der Waals surface area contributed by atoms with Gasteiger partial charge in [0.25, 0.3) is 0 Å². The average Bonchev–Trinajstić information content (AvgIpc) is 3.22. The van der Waals surface area contributed by atoms with Crippen molar-refractivity contribution < 1.29 is 0 Å². The van der Waals surface area contributed by atoms with Crippen LogP contribution in [0.15, 0.2) is 24.3 Å². The number of aromatic nitrogens is 2. The van der Waals surface area contributed by atoms with Crippen LogP contribution in [0, 0.1) is 5.92 Å². The van der Waals surface area contributed by atoms with Crippen molar-refractivity contribution in [2.45, 2.75) is 38.6 Å². The number of hydrogen-bond acceptors (Lipinski definition) is 4. The fourth-order valence-electron chi connectivity index (χ4n) is 2.40. The first-order valence-electron chi connectivity index (χ1n) is 7.05. The minimum Gasteiger partial charge on any atom is -0.381 e. The summed E-state index contributed by atoms with van der Waals surface area (Å²) in [5.41, 5.74) is 7.74. The Morgan fingerprint density at radius 3 is 2.58 bits per heavy atom. The first-order chi connectivity index (χ1) is 9.26. The molecule has 3 N–H and O–H groups in total. The molecule has 1 unspecified atom stereocenters. The maximum absolute atomic E-state index is 6.00. The summed E-state index contributed by atoms with van der Waals surface area (Å²) in [4.78, 5) is 9.00. The molecule has 0 bridgehead atoms. The smallest absolute Gasteiger partial charge is 0.169 e. The minimum atomic E-state index is 0.449. The highest BCUT2D eigenvalue weighted by Gasteiger charge is 2.25. The summed E-state index contributed by atoms with van der Waals surface area (Å²) in [6, 6.07) is 8.27. The molecule has 0 radical (unpaired) electrons. The van der Waals surface area contributed by atoms with Gasteiger partial charge >= 0.3 is 0 Å². The molecule has 0 spiro atoms. The molecule has 2 aromatic rings. The molecule has 4 nitrogen and oxygen atoms in total. The van der Waals surface area contributed by atoms with Crippen molar-refractivity contribution in [2.24, 2.45) is 5.92 Å². The third kappa shape index (κ3) is 2.78. The van der Waals surface area contributed by atoms with Crippen molar-refractivity contribution in [1.29, 1.82) is 0 Å². The number of anilines is 2. The van der Waals surface area contributed by atoms with Crippen LogP contribution in [-0.2, 0) is 0 Å². The SMILES string of the molecule is CCC(CC1CC1)Nc1nc2ccccc2nc1N. The summed E-state index contributed by atoms with van der Waals surface area (Å²) in [5, 5.41) is 3.46. The number of nitrogens with zero attached hydrogens (tertiary/aromatic N) is 2. The monoisotopic (exact) mass is 256 g/mol. The molecule has 4 heteroatoms. The number of benzene rings is 1. The molecule has 100 valence electrons. The normalized spacial score (nSPS) is 16.5. The van der Waals surface area contributed by atoms with Gasteiger partial charge in [-0.15, -0.1) is 0 Å². The van der Waals surface area contributed by atoms with Gasteiger partial charge in [-0.3, -0.25) is 0 Å². The van der Waals surface area contributed by atoms with Crippen LogP contribution >= 0.6 is 0 Å². The van der Waals surface area contributed by atoms with Crippen molar-refractivity contribution in [1.82, 2.24) is 9.97 Å². The molecule has 0 aliphatic heterocycles. The van der Waals surface area contributed by atoms with E-state index in [9.17, 15) is 0 Å². The number of hydrogen-bond donors (Lipinski definition) is 2. The predicted octanol–water partition coefficient (Wildman–Crippen LogP) is 3.20. The highest BCUT2D eigenvalue weighted by Crippen LogP contribution is 2.35. The quantitative estimate of drug-likeness (QED) is 0.862. The van der Waals surface area contributed by atoms with Gasteiger partial charge in [0.15, 0.2) is 11.6 Å². The van der Waals surface area contributed by atoms with Crippen LogP contribution in [0.25, 0.3) is 11.0 Å². The van der Waals surface area contributed by atoms with E-state index in [-0.39, 0.29) is 0 Å². The van der Waals surface area contributed by atoms with Crippen molar-refractivity contribution in [3.05, 3.63) is 24.3 Å². The standard InChI is InChI=1S/C15H20N4/c1-2-11(9-10-7-8-10)17-15-14(16)18-12-5-3-4-6-13(12)19-15/h3-6,10-11H,2,7-9H2,1H3,(H2,16,18)(H,17,19). The van der Waals surface area contributed by atoms with E-state index in [1.165, 1.54) is 19.3 Å². The Labute approximate surface area is 113 Å². The summed E-state index contributed by atoms with van der Waals surface area (Å²) in [5.74, 6) is 2.12. The summed E-state index contributed by atoms with van der Waals surface area (Å²) in [6.45, 7) is 2.20. The molecule has 1 aliphatic rings. The molecule has 1 aromatic heterocycles. The number of rotatable bonds is 5. The van der Waals surface area contributed by atoms with E-state index in [2.05, 4.69) is 22.2 Å². The summed E-state index contributed by atoms with van der Waals surface area (Å²) in [6.07, 6.45) is 5.04. The minimum absolute atomic E-state index is 0.449. The van der Waals surface area contributed by atoms with Gasteiger partial charge in [0.2, 0.25) is 0 Å². The van der Waals surface area contributed by atoms with E-state index < -0.39 is 0 Å². The van der Waals surface area contributed by atoms with Crippen LogP contribution in [0.4, 0.5) is 11.6 Å².